The number of aromatic nitrogens is 2. The average molecular weight is 442 g/mol. The van der Waals surface area contributed by atoms with Crippen LogP contribution >= 0.6 is 11.6 Å². The Morgan fingerprint density at radius 2 is 1.97 bits per heavy atom. The average Bonchev–Trinajstić information content (AvgIpc) is 3.43. The molecule has 4 rings (SSSR count). The molecule has 31 heavy (non-hydrogen) atoms. The number of anilines is 1. The fourth-order valence-electron chi connectivity index (χ4n) is 3.71. The molecule has 1 aliphatic rings. The van der Waals surface area contributed by atoms with Gasteiger partial charge in [0.1, 0.15) is 5.75 Å². The van der Waals surface area contributed by atoms with Crippen molar-refractivity contribution in [1.82, 2.24) is 19.8 Å². The van der Waals surface area contributed by atoms with Gasteiger partial charge in [0.2, 0.25) is 0 Å². The van der Waals surface area contributed by atoms with E-state index in [9.17, 15) is 9.59 Å². The number of imidazole rings is 1. The summed E-state index contributed by atoms with van der Waals surface area (Å²) in [6, 6.07) is 10.2. The van der Waals surface area contributed by atoms with Gasteiger partial charge < -0.3 is 24.8 Å². The predicted molar refractivity (Wildman–Crippen MR) is 120 cm³/mol. The molecule has 0 atom stereocenters. The molecule has 3 aromatic rings. The normalized spacial score (nSPS) is 13.4. The molecule has 2 aromatic carbocycles. The molecule has 0 radical (unpaired) electrons. The maximum Gasteiger partial charge on any atom is 0.319 e. The van der Waals surface area contributed by atoms with Crippen molar-refractivity contribution in [1.29, 1.82) is 0 Å². The molecule has 8 nitrogen and oxygen atoms in total. The van der Waals surface area contributed by atoms with E-state index in [1.807, 2.05) is 27.7 Å². The number of amides is 3. The third-order valence-corrected chi connectivity index (χ3v) is 5.54. The first kappa shape index (κ1) is 21.0. The molecule has 0 aliphatic carbocycles. The summed E-state index contributed by atoms with van der Waals surface area (Å²) < 4.78 is 7.18. The number of benzene rings is 2. The molecule has 2 N–H and O–H groups in total. The highest BCUT2D eigenvalue weighted by Crippen LogP contribution is 2.27. The third kappa shape index (κ3) is 4.74. The third-order valence-electron chi connectivity index (χ3n) is 5.31. The lowest BCUT2D eigenvalue weighted by atomic mass is 10.1. The number of rotatable bonds is 6. The van der Waals surface area contributed by atoms with Gasteiger partial charge in [0.05, 0.1) is 30.2 Å². The minimum absolute atomic E-state index is 0.0590. The summed E-state index contributed by atoms with van der Waals surface area (Å²) in [5.74, 6) is 0.586. The van der Waals surface area contributed by atoms with Crippen molar-refractivity contribution in [3.8, 4) is 5.75 Å². The van der Waals surface area contributed by atoms with Gasteiger partial charge in [0, 0.05) is 36.8 Å². The highest BCUT2D eigenvalue weighted by molar-refractivity contribution is 6.31. The van der Waals surface area contributed by atoms with Gasteiger partial charge in [-0.3, -0.25) is 4.79 Å². The number of carbonyl (C=O) groups is 2. The molecule has 1 aliphatic heterocycles. The highest BCUT2D eigenvalue weighted by atomic mass is 35.5. The van der Waals surface area contributed by atoms with Gasteiger partial charge in [-0.2, -0.15) is 0 Å². The maximum absolute atomic E-state index is 12.6. The van der Waals surface area contributed by atoms with Crippen LogP contribution in [0.5, 0.6) is 5.75 Å². The van der Waals surface area contributed by atoms with Crippen molar-refractivity contribution in [3.63, 3.8) is 0 Å². The standard InChI is InChI=1S/C22H24ClN5O3/c1-31-20-7-5-16(23)13-18(20)26-22(30)24-8-11-28-14-25-17-12-15(4-6-19(17)28)21(29)27-9-2-3-10-27/h4-7,12-14H,2-3,8-11H2,1H3,(H2,24,26,30). The second-order valence-electron chi connectivity index (χ2n) is 7.37. The maximum atomic E-state index is 12.6. The second kappa shape index (κ2) is 9.26. The number of likely N-dealkylation sites (tertiary alicyclic amines) is 1. The number of hydrogen-bond acceptors (Lipinski definition) is 4. The lowest BCUT2D eigenvalue weighted by Gasteiger charge is -2.15. The fourth-order valence-corrected chi connectivity index (χ4v) is 3.88. The van der Waals surface area contributed by atoms with Crippen LogP contribution in [0.2, 0.25) is 5.02 Å². The van der Waals surface area contributed by atoms with Crippen molar-refractivity contribution in [2.75, 3.05) is 32.1 Å². The van der Waals surface area contributed by atoms with E-state index in [-0.39, 0.29) is 11.9 Å². The van der Waals surface area contributed by atoms with Gasteiger partial charge >= 0.3 is 6.03 Å². The van der Waals surface area contributed by atoms with Crippen molar-refractivity contribution < 1.29 is 14.3 Å². The summed E-state index contributed by atoms with van der Waals surface area (Å²) in [5.41, 5.74) is 2.83. The number of urea groups is 1. The van der Waals surface area contributed by atoms with E-state index >= 15 is 0 Å². The first-order valence-corrected chi connectivity index (χ1v) is 10.6. The molecule has 0 bridgehead atoms. The van der Waals surface area contributed by atoms with Crippen molar-refractivity contribution in [2.45, 2.75) is 19.4 Å². The lowest BCUT2D eigenvalue weighted by molar-refractivity contribution is 0.0793. The Bertz CT molecular complexity index is 1110. The van der Waals surface area contributed by atoms with E-state index in [0.29, 0.717) is 35.1 Å². The van der Waals surface area contributed by atoms with Crippen LogP contribution in [0, 0.1) is 0 Å². The van der Waals surface area contributed by atoms with E-state index in [2.05, 4.69) is 15.6 Å². The van der Waals surface area contributed by atoms with Crippen molar-refractivity contribution in [2.24, 2.45) is 0 Å². The molecule has 9 heteroatoms. The minimum Gasteiger partial charge on any atom is -0.495 e. The van der Waals surface area contributed by atoms with Crippen LogP contribution in [0.4, 0.5) is 10.5 Å². The number of nitrogens with zero attached hydrogens (tertiary/aromatic N) is 3. The topological polar surface area (TPSA) is 88.5 Å². The molecule has 0 unspecified atom stereocenters. The van der Waals surface area contributed by atoms with Crippen LogP contribution in [0.25, 0.3) is 11.0 Å². The molecule has 1 aromatic heterocycles. The largest absolute Gasteiger partial charge is 0.495 e. The van der Waals surface area contributed by atoms with E-state index < -0.39 is 0 Å². The van der Waals surface area contributed by atoms with Gasteiger partial charge in [-0.05, 0) is 49.2 Å². The number of halogens is 1. The summed E-state index contributed by atoms with van der Waals surface area (Å²) in [6.45, 7) is 2.57. The summed E-state index contributed by atoms with van der Waals surface area (Å²) in [7, 11) is 1.53. The quantitative estimate of drug-likeness (QED) is 0.609. The molecule has 0 spiro atoms. The van der Waals surface area contributed by atoms with Crippen LogP contribution in [0.15, 0.2) is 42.7 Å². The van der Waals surface area contributed by atoms with Crippen LogP contribution in [0.3, 0.4) is 0 Å². The van der Waals surface area contributed by atoms with E-state index in [1.165, 1.54) is 7.11 Å². The summed E-state index contributed by atoms with van der Waals surface area (Å²) in [4.78, 5) is 31.1. The van der Waals surface area contributed by atoms with Crippen LogP contribution < -0.4 is 15.4 Å². The smallest absolute Gasteiger partial charge is 0.319 e. The Hall–Kier alpha value is -3.26. The van der Waals surface area contributed by atoms with Gasteiger partial charge in [-0.25, -0.2) is 9.78 Å². The summed E-state index contributed by atoms with van der Waals surface area (Å²) >= 11 is 5.99. The van der Waals surface area contributed by atoms with Crippen LogP contribution in [-0.2, 0) is 6.54 Å². The zero-order chi connectivity index (χ0) is 21.8. The van der Waals surface area contributed by atoms with Crippen molar-refractivity contribution in [3.05, 3.63) is 53.3 Å². The number of hydrogen-bond donors (Lipinski definition) is 2. The number of carbonyl (C=O) groups excluding carboxylic acids is 2. The van der Waals surface area contributed by atoms with E-state index in [4.69, 9.17) is 16.3 Å². The summed E-state index contributed by atoms with van der Waals surface area (Å²) in [6.07, 6.45) is 3.84. The molecule has 1 fully saturated rings. The fraction of sp³-hybridized carbons (Fsp3) is 0.318. The number of ether oxygens (including phenoxy) is 1. The zero-order valence-corrected chi connectivity index (χ0v) is 18.0. The Kier molecular flexibility index (Phi) is 6.27. The SMILES string of the molecule is COc1ccc(Cl)cc1NC(=O)NCCn1cnc2cc(C(=O)N3CCCC3)ccc21. The predicted octanol–water partition coefficient (Wildman–Crippen LogP) is 3.76. The van der Waals surface area contributed by atoms with Gasteiger partial charge in [-0.15, -0.1) is 0 Å². The highest BCUT2D eigenvalue weighted by Gasteiger charge is 2.20. The van der Waals surface area contributed by atoms with Crippen molar-refractivity contribution >= 4 is 40.3 Å². The molecule has 162 valence electrons. The van der Waals surface area contributed by atoms with Gasteiger partial charge in [0.15, 0.2) is 0 Å². The van der Waals surface area contributed by atoms with Gasteiger partial charge in [-0.1, -0.05) is 11.6 Å². The molecule has 2 heterocycles. The Labute approximate surface area is 185 Å². The number of methoxy groups -OCH3 is 1. The monoisotopic (exact) mass is 441 g/mol. The summed E-state index contributed by atoms with van der Waals surface area (Å²) in [5, 5.41) is 6.06. The van der Waals surface area contributed by atoms with Crippen LogP contribution in [-0.4, -0.2) is 53.1 Å². The van der Waals surface area contributed by atoms with E-state index in [0.717, 1.165) is 37.0 Å². The Morgan fingerprint density at radius 1 is 1.16 bits per heavy atom. The first-order chi connectivity index (χ1) is 15.0. The molecule has 0 saturated carbocycles. The minimum atomic E-state index is -0.358. The molecular formula is C22H24ClN5O3. The second-order valence-corrected chi connectivity index (χ2v) is 7.80. The van der Waals surface area contributed by atoms with Crippen LogP contribution in [0.1, 0.15) is 23.2 Å². The number of fused-ring (bicyclic) bond motifs is 1. The molecule has 3 amide bonds. The first-order valence-electron chi connectivity index (χ1n) is 10.2. The molecular weight excluding hydrogens is 418 g/mol. The Balaban J connectivity index is 1.35. The van der Waals surface area contributed by atoms with E-state index in [1.54, 1.807) is 24.5 Å². The number of nitrogens with one attached hydrogen (secondary N) is 2. The van der Waals surface area contributed by atoms with Gasteiger partial charge in [0.25, 0.3) is 5.91 Å². The zero-order valence-electron chi connectivity index (χ0n) is 17.2. The lowest BCUT2D eigenvalue weighted by Crippen LogP contribution is -2.31. The molecule has 1 saturated heterocycles. The Morgan fingerprint density at radius 3 is 2.74 bits per heavy atom.